The van der Waals surface area contributed by atoms with E-state index in [0.29, 0.717) is 48.2 Å². The van der Waals surface area contributed by atoms with Crippen molar-refractivity contribution in [1.82, 2.24) is 4.90 Å². The SMILES string of the molecule is COc1ccc(C(=O)c2cccc([C@H](O)/C=C/C3CCC(=O)N3CCCCCCC(=O)O)c2)cc1. The molecule has 1 heterocycles. The lowest BCUT2D eigenvalue weighted by molar-refractivity contribution is -0.137. The van der Waals surface area contributed by atoms with Crippen LogP contribution in [0.2, 0.25) is 0 Å². The molecular weight excluding hydrogens is 446 g/mol. The van der Waals surface area contributed by atoms with Gasteiger partial charge in [0, 0.05) is 30.5 Å². The third-order valence-corrected chi connectivity index (χ3v) is 6.27. The van der Waals surface area contributed by atoms with Gasteiger partial charge in [-0.3, -0.25) is 14.4 Å². The minimum Gasteiger partial charge on any atom is -0.497 e. The summed E-state index contributed by atoms with van der Waals surface area (Å²) in [4.78, 5) is 37.6. The summed E-state index contributed by atoms with van der Waals surface area (Å²) in [5.41, 5.74) is 1.63. The van der Waals surface area contributed by atoms with E-state index in [-0.39, 0.29) is 24.2 Å². The number of hydrogen-bond donors (Lipinski definition) is 2. The Morgan fingerprint density at radius 1 is 1.09 bits per heavy atom. The molecule has 1 saturated heterocycles. The van der Waals surface area contributed by atoms with Crippen LogP contribution in [0.3, 0.4) is 0 Å². The molecule has 7 heteroatoms. The van der Waals surface area contributed by atoms with Crippen molar-refractivity contribution in [3.8, 4) is 5.75 Å². The Morgan fingerprint density at radius 3 is 2.54 bits per heavy atom. The number of hydrogen-bond acceptors (Lipinski definition) is 5. The molecule has 1 fully saturated rings. The van der Waals surface area contributed by atoms with E-state index in [4.69, 9.17) is 9.84 Å². The molecule has 1 amide bonds. The number of carboxylic acid groups (broad SMARTS) is 1. The first-order valence-corrected chi connectivity index (χ1v) is 12.1. The predicted octanol–water partition coefficient (Wildman–Crippen LogP) is 4.54. The van der Waals surface area contributed by atoms with Crippen molar-refractivity contribution in [2.45, 2.75) is 57.1 Å². The maximum absolute atomic E-state index is 12.9. The van der Waals surface area contributed by atoms with Gasteiger partial charge in [0.25, 0.3) is 0 Å². The lowest BCUT2D eigenvalue weighted by Crippen LogP contribution is -2.32. The van der Waals surface area contributed by atoms with Gasteiger partial charge < -0.3 is 19.8 Å². The standard InChI is InChI=1S/C28H33NO6/c1-35-24-14-10-20(11-15-24)28(34)22-8-6-7-21(19-22)25(30)16-12-23-13-17-26(31)29(23)18-5-3-2-4-9-27(32)33/h6-8,10-12,14-16,19,23,25,30H,2-5,9,13,17-18H2,1H3,(H,32,33)/b16-12+/t23?,25-/m1/s1. The van der Waals surface area contributed by atoms with Gasteiger partial charge in [0.15, 0.2) is 5.78 Å². The van der Waals surface area contributed by atoms with Gasteiger partial charge in [-0.05, 0) is 55.2 Å². The molecule has 2 atom stereocenters. The van der Waals surface area contributed by atoms with Gasteiger partial charge in [-0.25, -0.2) is 0 Å². The van der Waals surface area contributed by atoms with Crippen LogP contribution in [0.15, 0.2) is 60.7 Å². The van der Waals surface area contributed by atoms with Gasteiger partial charge in [0.1, 0.15) is 5.75 Å². The number of aliphatic hydroxyl groups is 1. The summed E-state index contributed by atoms with van der Waals surface area (Å²) in [6, 6.07) is 13.8. The summed E-state index contributed by atoms with van der Waals surface area (Å²) in [7, 11) is 1.57. The molecule has 0 aromatic heterocycles. The second-order valence-electron chi connectivity index (χ2n) is 8.76. The molecule has 1 aliphatic rings. The number of aliphatic hydroxyl groups excluding tert-OH is 1. The molecular formula is C28H33NO6. The van der Waals surface area contributed by atoms with Crippen molar-refractivity contribution in [3.05, 3.63) is 77.4 Å². The Kier molecular flexibility index (Phi) is 9.61. The van der Waals surface area contributed by atoms with Crippen molar-refractivity contribution < 1.29 is 29.3 Å². The first kappa shape index (κ1) is 26.2. The topological polar surface area (TPSA) is 104 Å². The van der Waals surface area contributed by atoms with Gasteiger partial charge in [-0.15, -0.1) is 0 Å². The average Bonchev–Trinajstić information content (AvgIpc) is 3.23. The van der Waals surface area contributed by atoms with E-state index in [9.17, 15) is 19.5 Å². The second kappa shape index (κ2) is 12.9. The molecule has 0 spiro atoms. The molecule has 3 rings (SSSR count). The maximum Gasteiger partial charge on any atom is 0.303 e. The van der Waals surface area contributed by atoms with Crippen LogP contribution >= 0.6 is 0 Å². The monoisotopic (exact) mass is 479 g/mol. The van der Waals surface area contributed by atoms with Crippen LogP contribution in [-0.2, 0) is 9.59 Å². The fourth-order valence-corrected chi connectivity index (χ4v) is 4.28. The molecule has 186 valence electrons. The lowest BCUT2D eigenvalue weighted by atomic mass is 9.99. The second-order valence-corrected chi connectivity index (χ2v) is 8.76. The van der Waals surface area contributed by atoms with Crippen molar-refractivity contribution >= 4 is 17.7 Å². The number of carbonyl (C=O) groups is 3. The van der Waals surface area contributed by atoms with Crippen molar-refractivity contribution in [2.24, 2.45) is 0 Å². The molecule has 0 aliphatic carbocycles. The van der Waals surface area contributed by atoms with E-state index in [1.54, 1.807) is 61.7 Å². The number of nitrogens with zero attached hydrogens (tertiary/aromatic N) is 1. The van der Waals surface area contributed by atoms with Crippen molar-refractivity contribution in [1.29, 1.82) is 0 Å². The van der Waals surface area contributed by atoms with E-state index in [1.807, 2.05) is 11.0 Å². The smallest absolute Gasteiger partial charge is 0.303 e. The molecule has 0 bridgehead atoms. The minimum atomic E-state index is -0.896. The number of unbranched alkanes of at least 4 members (excludes halogenated alkanes) is 3. The van der Waals surface area contributed by atoms with E-state index in [0.717, 1.165) is 19.3 Å². The van der Waals surface area contributed by atoms with Gasteiger partial charge >= 0.3 is 5.97 Å². The highest BCUT2D eigenvalue weighted by Crippen LogP contribution is 2.24. The molecule has 7 nitrogen and oxygen atoms in total. The summed E-state index contributed by atoms with van der Waals surface area (Å²) >= 11 is 0. The molecule has 2 aromatic carbocycles. The number of methoxy groups -OCH3 is 1. The highest BCUT2D eigenvalue weighted by Gasteiger charge is 2.28. The molecule has 2 aromatic rings. The van der Waals surface area contributed by atoms with Crippen LogP contribution in [0.25, 0.3) is 0 Å². The molecule has 35 heavy (non-hydrogen) atoms. The van der Waals surface area contributed by atoms with Crippen LogP contribution in [-0.4, -0.2) is 52.5 Å². The number of aliphatic carboxylic acids is 1. The fraction of sp³-hybridized carbons (Fsp3) is 0.393. The third kappa shape index (κ3) is 7.52. The lowest BCUT2D eigenvalue weighted by Gasteiger charge is -2.22. The van der Waals surface area contributed by atoms with E-state index < -0.39 is 12.1 Å². The first-order valence-electron chi connectivity index (χ1n) is 12.1. The van der Waals surface area contributed by atoms with E-state index >= 15 is 0 Å². The Bertz CT molecular complexity index is 1050. The van der Waals surface area contributed by atoms with E-state index in [1.165, 1.54) is 0 Å². The Hall–Kier alpha value is -3.45. The largest absolute Gasteiger partial charge is 0.497 e. The summed E-state index contributed by atoms with van der Waals surface area (Å²) in [5, 5.41) is 19.4. The number of ether oxygens (including phenoxy) is 1. The average molecular weight is 480 g/mol. The van der Waals surface area contributed by atoms with Crippen LogP contribution < -0.4 is 4.74 Å². The van der Waals surface area contributed by atoms with Crippen LogP contribution in [0.4, 0.5) is 0 Å². The third-order valence-electron chi connectivity index (χ3n) is 6.27. The van der Waals surface area contributed by atoms with Gasteiger partial charge in [0.2, 0.25) is 5.91 Å². The number of ketones is 1. The Balaban J connectivity index is 1.58. The highest BCUT2D eigenvalue weighted by molar-refractivity contribution is 6.09. The molecule has 2 N–H and O–H groups in total. The Morgan fingerprint density at radius 2 is 1.83 bits per heavy atom. The van der Waals surface area contributed by atoms with Crippen molar-refractivity contribution in [3.63, 3.8) is 0 Å². The summed E-state index contributed by atoms with van der Waals surface area (Å²) in [6.07, 6.45) is 7.22. The van der Waals surface area contributed by atoms with Crippen LogP contribution in [0, 0.1) is 0 Å². The zero-order valence-electron chi connectivity index (χ0n) is 20.1. The molecule has 0 saturated carbocycles. The van der Waals surface area contributed by atoms with Gasteiger partial charge in [-0.1, -0.05) is 43.2 Å². The number of carbonyl (C=O) groups excluding carboxylic acids is 2. The van der Waals surface area contributed by atoms with Crippen LogP contribution in [0.1, 0.15) is 72.5 Å². The zero-order valence-corrected chi connectivity index (χ0v) is 20.1. The predicted molar refractivity (Wildman–Crippen MR) is 132 cm³/mol. The van der Waals surface area contributed by atoms with Gasteiger partial charge in [0.05, 0.1) is 19.3 Å². The quantitative estimate of drug-likeness (QED) is 0.248. The molecule has 1 unspecified atom stereocenters. The van der Waals surface area contributed by atoms with E-state index in [2.05, 4.69) is 0 Å². The summed E-state index contributed by atoms with van der Waals surface area (Å²) < 4.78 is 5.14. The Labute approximate surface area is 206 Å². The molecule has 0 radical (unpaired) electrons. The minimum absolute atomic E-state index is 0.0692. The van der Waals surface area contributed by atoms with Crippen LogP contribution in [0.5, 0.6) is 5.75 Å². The number of benzene rings is 2. The number of rotatable bonds is 13. The normalized spacial score (nSPS) is 16.6. The number of carboxylic acids is 1. The number of amides is 1. The summed E-state index contributed by atoms with van der Waals surface area (Å²) in [6.45, 7) is 0.628. The van der Waals surface area contributed by atoms with Gasteiger partial charge in [-0.2, -0.15) is 0 Å². The first-order chi connectivity index (χ1) is 16.9. The highest BCUT2D eigenvalue weighted by atomic mass is 16.5. The zero-order chi connectivity index (χ0) is 25.2. The molecule has 1 aliphatic heterocycles. The van der Waals surface area contributed by atoms with Crippen molar-refractivity contribution in [2.75, 3.05) is 13.7 Å². The maximum atomic E-state index is 12.9. The fourth-order valence-electron chi connectivity index (χ4n) is 4.28. The number of likely N-dealkylation sites (tertiary alicyclic amines) is 1. The summed E-state index contributed by atoms with van der Waals surface area (Å²) in [5.74, 6) is -0.138.